The lowest BCUT2D eigenvalue weighted by Crippen LogP contribution is -2.01. The predicted octanol–water partition coefficient (Wildman–Crippen LogP) is 6.06. The summed E-state index contributed by atoms with van der Waals surface area (Å²) < 4.78 is 28.7. The zero-order chi connectivity index (χ0) is 20.5. The molecule has 0 bridgehead atoms. The van der Waals surface area contributed by atoms with Crippen LogP contribution in [0.15, 0.2) is 65.8 Å². The van der Waals surface area contributed by atoms with Gasteiger partial charge in [0.1, 0.15) is 11.6 Å². The number of nitrogens with zero attached hydrogens (tertiary/aromatic N) is 1. The minimum atomic E-state index is -0.977. The lowest BCUT2D eigenvalue weighted by atomic mass is 10.0. The van der Waals surface area contributed by atoms with Crippen LogP contribution >= 0.6 is 11.3 Å². The average Bonchev–Trinajstić information content (AvgIpc) is 2.95. The van der Waals surface area contributed by atoms with Gasteiger partial charge in [-0.2, -0.15) is 0 Å². The van der Waals surface area contributed by atoms with Gasteiger partial charge in [0, 0.05) is 0 Å². The minimum absolute atomic E-state index is 0.252. The zero-order valence-corrected chi connectivity index (χ0v) is 16.2. The fourth-order valence-electron chi connectivity index (χ4n) is 3.15. The fraction of sp³-hybridized carbons (Fsp3) is 0.0909. The van der Waals surface area contributed by atoms with E-state index in [1.807, 2.05) is 6.08 Å². The second-order valence-corrected chi connectivity index (χ2v) is 7.63. The van der Waals surface area contributed by atoms with Crippen LogP contribution in [0.4, 0.5) is 19.6 Å². The normalized spacial score (nSPS) is 14.1. The molecule has 0 aliphatic heterocycles. The van der Waals surface area contributed by atoms with Gasteiger partial charge in [0.05, 0.1) is 21.5 Å². The molecule has 0 radical (unpaired) electrons. The van der Waals surface area contributed by atoms with Crippen LogP contribution in [-0.4, -0.2) is 16.1 Å². The molecule has 0 unspecified atom stereocenters. The van der Waals surface area contributed by atoms with Gasteiger partial charge in [-0.1, -0.05) is 35.6 Å². The van der Waals surface area contributed by atoms with Crippen LogP contribution in [0.5, 0.6) is 0 Å². The van der Waals surface area contributed by atoms with E-state index in [0.717, 1.165) is 5.57 Å². The van der Waals surface area contributed by atoms with Gasteiger partial charge in [-0.25, -0.2) is 18.6 Å². The molecule has 4 rings (SSSR count). The average molecular weight is 410 g/mol. The van der Waals surface area contributed by atoms with Gasteiger partial charge < -0.3 is 10.4 Å². The van der Waals surface area contributed by atoms with E-state index in [-0.39, 0.29) is 17.1 Å². The number of halogens is 2. The molecule has 29 heavy (non-hydrogen) atoms. The molecule has 0 atom stereocenters. The van der Waals surface area contributed by atoms with Gasteiger partial charge in [0.2, 0.25) is 0 Å². The number of benzene rings is 2. The number of fused-ring (bicyclic) bond motifs is 1. The molecular weight excluding hydrogens is 394 g/mol. The van der Waals surface area contributed by atoms with E-state index >= 15 is 0 Å². The third-order valence-electron chi connectivity index (χ3n) is 4.58. The second kappa shape index (κ2) is 7.60. The van der Waals surface area contributed by atoms with Crippen molar-refractivity contribution >= 4 is 43.9 Å². The molecule has 7 heteroatoms. The number of thiazole rings is 1. The van der Waals surface area contributed by atoms with Crippen LogP contribution in [0.25, 0.3) is 15.8 Å². The first-order valence-electron chi connectivity index (χ1n) is 8.86. The van der Waals surface area contributed by atoms with Gasteiger partial charge >= 0.3 is 5.97 Å². The van der Waals surface area contributed by atoms with Crippen LogP contribution in [0.1, 0.15) is 18.9 Å². The molecule has 1 aromatic heterocycles. The third-order valence-corrected chi connectivity index (χ3v) is 5.52. The first-order chi connectivity index (χ1) is 13.9. The van der Waals surface area contributed by atoms with Crippen LogP contribution in [0, 0.1) is 11.6 Å². The quantitative estimate of drug-likeness (QED) is 0.549. The Hall–Kier alpha value is -3.32. The van der Waals surface area contributed by atoms with Gasteiger partial charge in [0.15, 0.2) is 5.13 Å². The van der Waals surface area contributed by atoms with Crippen molar-refractivity contribution in [1.29, 1.82) is 0 Å². The predicted molar refractivity (Wildman–Crippen MR) is 111 cm³/mol. The highest BCUT2D eigenvalue weighted by Crippen LogP contribution is 2.31. The van der Waals surface area contributed by atoms with Crippen LogP contribution in [0.2, 0.25) is 0 Å². The van der Waals surface area contributed by atoms with E-state index in [1.54, 1.807) is 37.3 Å². The second-order valence-electron chi connectivity index (χ2n) is 6.60. The summed E-state index contributed by atoms with van der Waals surface area (Å²) in [6.45, 7) is 1.72. The molecule has 0 spiro atoms. The van der Waals surface area contributed by atoms with E-state index in [2.05, 4.69) is 10.3 Å². The highest BCUT2D eigenvalue weighted by molar-refractivity contribution is 7.22. The highest BCUT2D eigenvalue weighted by Gasteiger charge is 2.14. The summed E-state index contributed by atoms with van der Waals surface area (Å²) in [5.41, 5.74) is 3.18. The highest BCUT2D eigenvalue weighted by atomic mass is 32.1. The van der Waals surface area contributed by atoms with Crippen molar-refractivity contribution in [3.8, 4) is 0 Å². The SMILES string of the molecule is CC1=CC(c2ccc(Nc3nc4ccc(F)cc4s3)c(F)c2)=CCC=C1C(=O)O. The monoisotopic (exact) mass is 410 g/mol. The van der Waals surface area contributed by atoms with E-state index in [4.69, 9.17) is 0 Å². The molecule has 1 aliphatic rings. The maximum absolute atomic E-state index is 14.7. The molecule has 0 amide bonds. The largest absolute Gasteiger partial charge is 0.478 e. The lowest BCUT2D eigenvalue weighted by molar-refractivity contribution is -0.132. The number of nitrogens with one attached hydrogen (secondary N) is 1. The fourth-order valence-corrected chi connectivity index (χ4v) is 4.06. The van der Waals surface area contributed by atoms with Crippen molar-refractivity contribution < 1.29 is 18.7 Å². The summed E-state index contributed by atoms with van der Waals surface area (Å²) in [5, 5.41) is 12.7. The van der Waals surface area contributed by atoms with Crippen molar-refractivity contribution in [3.05, 3.63) is 83.0 Å². The molecule has 3 aromatic rings. The lowest BCUT2D eigenvalue weighted by Gasteiger charge is -2.08. The Labute approximate surface area is 169 Å². The summed E-state index contributed by atoms with van der Waals surface area (Å²) in [7, 11) is 0. The van der Waals surface area contributed by atoms with E-state index < -0.39 is 11.8 Å². The number of aromatic nitrogens is 1. The number of aliphatic carboxylic acids is 1. The standard InChI is InChI=1S/C22H16F2N2O2S/c1-12-9-13(3-2-4-16(12)21(27)28)14-5-7-18(17(24)10-14)25-22-26-19-8-6-15(23)11-20(19)29-22/h3-11H,2H2,1H3,(H,25,26)(H,27,28). The number of hydrogen-bond donors (Lipinski definition) is 2. The molecular formula is C22H16F2N2O2S. The van der Waals surface area contributed by atoms with Gasteiger partial charge in [0.25, 0.3) is 0 Å². The van der Waals surface area contributed by atoms with Crippen LogP contribution in [0.3, 0.4) is 0 Å². The van der Waals surface area contributed by atoms with Crippen molar-refractivity contribution in [3.63, 3.8) is 0 Å². The minimum Gasteiger partial charge on any atom is -0.478 e. The maximum Gasteiger partial charge on any atom is 0.335 e. The number of carboxylic acids is 1. The molecule has 0 saturated carbocycles. The Balaban J connectivity index is 1.59. The molecule has 0 saturated heterocycles. The molecule has 1 aliphatic carbocycles. The molecule has 0 fully saturated rings. The molecule has 2 aromatic carbocycles. The van der Waals surface area contributed by atoms with E-state index in [0.29, 0.717) is 32.9 Å². The number of allylic oxidation sites excluding steroid dienone is 4. The zero-order valence-electron chi connectivity index (χ0n) is 15.4. The Morgan fingerprint density at radius 3 is 2.76 bits per heavy atom. The van der Waals surface area contributed by atoms with Crippen molar-refractivity contribution in [2.24, 2.45) is 0 Å². The van der Waals surface area contributed by atoms with Gasteiger partial charge in [-0.3, -0.25) is 0 Å². The summed E-state index contributed by atoms with van der Waals surface area (Å²) in [4.78, 5) is 15.6. The Bertz CT molecular complexity index is 1220. The van der Waals surface area contributed by atoms with Crippen molar-refractivity contribution in [2.75, 3.05) is 5.32 Å². The summed E-state index contributed by atoms with van der Waals surface area (Å²) >= 11 is 1.24. The van der Waals surface area contributed by atoms with E-state index in [9.17, 15) is 18.7 Å². The number of carboxylic acid groups (broad SMARTS) is 1. The van der Waals surface area contributed by atoms with Gasteiger partial charge in [-0.15, -0.1) is 0 Å². The van der Waals surface area contributed by atoms with Crippen molar-refractivity contribution in [2.45, 2.75) is 13.3 Å². The number of rotatable bonds is 4. The summed E-state index contributed by atoms with van der Waals surface area (Å²) in [6.07, 6.45) is 5.71. The number of carbonyl (C=O) groups is 1. The Morgan fingerprint density at radius 2 is 2.00 bits per heavy atom. The molecule has 2 N–H and O–H groups in total. The first-order valence-corrected chi connectivity index (χ1v) is 9.67. The summed E-state index contributed by atoms with van der Waals surface area (Å²) in [6, 6.07) is 9.08. The third kappa shape index (κ3) is 3.95. The van der Waals surface area contributed by atoms with E-state index in [1.165, 1.54) is 29.5 Å². The first kappa shape index (κ1) is 19.0. The Kier molecular flexibility index (Phi) is 4.98. The molecule has 146 valence electrons. The maximum atomic E-state index is 14.7. The topological polar surface area (TPSA) is 62.2 Å². The number of hydrogen-bond acceptors (Lipinski definition) is 4. The number of anilines is 2. The van der Waals surface area contributed by atoms with Crippen LogP contribution in [-0.2, 0) is 4.79 Å². The van der Waals surface area contributed by atoms with Gasteiger partial charge in [-0.05, 0) is 60.4 Å². The van der Waals surface area contributed by atoms with Crippen molar-refractivity contribution in [1.82, 2.24) is 4.98 Å². The molecule has 4 nitrogen and oxygen atoms in total. The molecule has 1 heterocycles. The smallest absolute Gasteiger partial charge is 0.335 e. The summed E-state index contributed by atoms with van der Waals surface area (Å²) in [5.74, 6) is -1.78. The van der Waals surface area contributed by atoms with Crippen LogP contribution < -0.4 is 5.32 Å². The Morgan fingerprint density at radius 1 is 1.17 bits per heavy atom.